The van der Waals surface area contributed by atoms with Crippen LogP contribution >= 0.6 is 0 Å². The maximum Gasteiger partial charge on any atom is 0.226 e. The van der Waals surface area contributed by atoms with Gasteiger partial charge >= 0.3 is 0 Å². The van der Waals surface area contributed by atoms with E-state index in [0.717, 1.165) is 55.4 Å². The van der Waals surface area contributed by atoms with E-state index in [0.29, 0.717) is 6.61 Å². The number of ether oxygens (including phenoxy) is 1. The molecule has 0 saturated carbocycles. The molecule has 146 valence electrons. The van der Waals surface area contributed by atoms with Gasteiger partial charge in [0.15, 0.2) is 0 Å². The van der Waals surface area contributed by atoms with Gasteiger partial charge in [-0.3, -0.25) is 4.90 Å². The number of oxazole rings is 1. The van der Waals surface area contributed by atoms with Crippen molar-refractivity contribution in [1.29, 1.82) is 0 Å². The van der Waals surface area contributed by atoms with Crippen molar-refractivity contribution in [3.8, 4) is 11.5 Å². The Labute approximate surface area is 167 Å². The molecule has 0 N–H and O–H groups in total. The SMILES string of the molecule is Cc1ccccc1-c1nc(CN2CCCC(OCc3ccccc3)C2)c(C)o1. The van der Waals surface area contributed by atoms with Crippen LogP contribution in [0.25, 0.3) is 11.5 Å². The maximum absolute atomic E-state index is 6.17. The second kappa shape index (κ2) is 8.72. The fourth-order valence-corrected chi connectivity index (χ4v) is 3.80. The van der Waals surface area contributed by atoms with Gasteiger partial charge in [0.1, 0.15) is 5.76 Å². The van der Waals surface area contributed by atoms with Crippen molar-refractivity contribution in [1.82, 2.24) is 9.88 Å². The van der Waals surface area contributed by atoms with Crippen LogP contribution in [0.15, 0.2) is 59.0 Å². The van der Waals surface area contributed by atoms with Gasteiger partial charge in [0, 0.05) is 18.7 Å². The first kappa shape index (κ1) is 18.9. The highest BCUT2D eigenvalue weighted by Gasteiger charge is 2.23. The van der Waals surface area contributed by atoms with E-state index < -0.39 is 0 Å². The molecule has 0 radical (unpaired) electrons. The van der Waals surface area contributed by atoms with Crippen molar-refractivity contribution >= 4 is 0 Å². The monoisotopic (exact) mass is 376 g/mol. The van der Waals surface area contributed by atoms with Gasteiger partial charge in [-0.05, 0) is 50.4 Å². The minimum Gasteiger partial charge on any atom is -0.441 e. The molecule has 1 aromatic heterocycles. The molecule has 0 bridgehead atoms. The van der Waals surface area contributed by atoms with E-state index in [1.807, 2.05) is 25.1 Å². The fraction of sp³-hybridized carbons (Fsp3) is 0.375. The zero-order valence-electron chi connectivity index (χ0n) is 16.7. The minimum atomic E-state index is 0.275. The Morgan fingerprint density at radius 2 is 1.86 bits per heavy atom. The van der Waals surface area contributed by atoms with E-state index in [-0.39, 0.29) is 6.10 Å². The summed E-state index contributed by atoms with van der Waals surface area (Å²) in [6.07, 6.45) is 2.55. The quantitative estimate of drug-likeness (QED) is 0.597. The highest BCUT2D eigenvalue weighted by atomic mass is 16.5. The van der Waals surface area contributed by atoms with Crippen LogP contribution in [0.5, 0.6) is 0 Å². The number of likely N-dealkylation sites (tertiary alicyclic amines) is 1. The topological polar surface area (TPSA) is 38.5 Å². The molecule has 0 spiro atoms. The lowest BCUT2D eigenvalue weighted by Gasteiger charge is -2.32. The van der Waals surface area contributed by atoms with Crippen molar-refractivity contribution in [2.75, 3.05) is 13.1 Å². The number of nitrogens with zero attached hydrogens (tertiary/aromatic N) is 2. The Balaban J connectivity index is 1.38. The third kappa shape index (κ3) is 4.51. The molecular weight excluding hydrogens is 348 g/mol. The van der Waals surface area contributed by atoms with Gasteiger partial charge in [-0.2, -0.15) is 0 Å². The second-order valence-electron chi connectivity index (χ2n) is 7.63. The number of hydrogen-bond acceptors (Lipinski definition) is 4. The van der Waals surface area contributed by atoms with Crippen LogP contribution in [0.3, 0.4) is 0 Å². The number of hydrogen-bond donors (Lipinski definition) is 0. The lowest BCUT2D eigenvalue weighted by atomic mass is 10.1. The molecule has 1 aliphatic heterocycles. The normalized spacial score (nSPS) is 17.7. The van der Waals surface area contributed by atoms with Gasteiger partial charge in [-0.15, -0.1) is 0 Å². The van der Waals surface area contributed by atoms with Gasteiger partial charge in [-0.25, -0.2) is 4.98 Å². The second-order valence-corrected chi connectivity index (χ2v) is 7.63. The Kier molecular flexibility index (Phi) is 5.89. The number of benzene rings is 2. The summed E-state index contributed by atoms with van der Waals surface area (Å²) in [7, 11) is 0. The average Bonchev–Trinajstić information content (AvgIpc) is 3.08. The lowest BCUT2D eigenvalue weighted by Crippen LogP contribution is -2.39. The molecule has 0 amide bonds. The van der Waals surface area contributed by atoms with E-state index in [4.69, 9.17) is 14.1 Å². The first-order valence-electron chi connectivity index (χ1n) is 10.1. The molecule has 2 heterocycles. The summed E-state index contributed by atoms with van der Waals surface area (Å²) in [5, 5.41) is 0. The van der Waals surface area contributed by atoms with Crippen LogP contribution in [0, 0.1) is 13.8 Å². The predicted molar refractivity (Wildman–Crippen MR) is 111 cm³/mol. The highest BCUT2D eigenvalue weighted by Crippen LogP contribution is 2.26. The smallest absolute Gasteiger partial charge is 0.226 e. The fourth-order valence-electron chi connectivity index (χ4n) is 3.80. The van der Waals surface area contributed by atoms with Crippen molar-refractivity contribution in [3.05, 3.63) is 77.2 Å². The van der Waals surface area contributed by atoms with Crippen LogP contribution in [-0.2, 0) is 17.9 Å². The van der Waals surface area contributed by atoms with Gasteiger partial charge in [-0.1, -0.05) is 48.5 Å². The molecule has 0 aliphatic carbocycles. The Hall–Kier alpha value is -2.43. The van der Waals surface area contributed by atoms with E-state index in [2.05, 4.69) is 48.2 Å². The van der Waals surface area contributed by atoms with E-state index >= 15 is 0 Å². The molecule has 3 aromatic rings. The summed E-state index contributed by atoms with van der Waals surface area (Å²) >= 11 is 0. The zero-order valence-corrected chi connectivity index (χ0v) is 16.7. The van der Waals surface area contributed by atoms with Crippen molar-refractivity contribution < 1.29 is 9.15 Å². The molecule has 1 fully saturated rings. The largest absolute Gasteiger partial charge is 0.441 e. The van der Waals surface area contributed by atoms with Crippen LogP contribution < -0.4 is 0 Å². The number of aromatic nitrogens is 1. The van der Waals surface area contributed by atoms with Gasteiger partial charge < -0.3 is 9.15 Å². The molecule has 28 heavy (non-hydrogen) atoms. The third-order valence-corrected chi connectivity index (χ3v) is 5.43. The number of rotatable bonds is 6. The summed E-state index contributed by atoms with van der Waals surface area (Å²) in [6.45, 7) is 7.62. The molecule has 4 nitrogen and oxygen atoms in total. The van der Waals surface area contributed by atoms with Crippen LogP contribution in [0.1, 0.15) is 35.4 Å². The third-order valence-electron chi connectivity index (χ3n) is 5.43. The molecule has 1 saturated heterocycles. The Morgan fingerprint density at radius 1 is 1.07 bits per heavy atom. The summed E-state index contributed by atoms with van der Waals surface area (Å²) < 4.78 is 12.2. The van der Waals surface area contributed by atoms with Crippen molar-refractivity contribution in [3.63, 3.8) is 0 Å². The first-order chi connectivity index (χ1) is 13.7. The molecule has 1 aliphatic rings. The molecular formula is C24H28N2O2. The van der Waals surface area contributed by atoms with E-state index in [9.17, 15) is 0 Å². The Bertz CT molecular complexity index is 904. The molecule has 1 unspecified atom stereocenters. The minimum absolute atomic E-state index is 0.275. The first-order valence-corrected chi connectivity index (χ1v) is 10.1. The van der Waals surface area contributed by atoms with Crippen molar-refractivity contribution in [2.45, 2.75) is 45.9 Å². The van der Waals surface area contributed by atoms with Gasteiger partial charge in [0.05, 0.1) is 18.4 Å². The average molecular weight is 377 g/mol. The molecule has 4 heteroatoms. The summed E-state index contributed by atoms with van der Waals surface area (Å²) in [5.74, 6) is 1.63. The van der Waals surface area contributed by atoms with Crippen LogP contribution in [0.2, 0.25) is 0 Å². The lowest BCUT2D eigenvalue weighted by molar-refractivity contribution is -0.0123. The number of aryl methyl sites for hydroxylation is 2. The van der Waals surface area contributed by atoms with Crippen molar-refractivity contribution in [2.24, 2.45) is 0 Å². The molecule has 1 atom stereocenters. The van der Waals surface area contributed by atoms with E-state index in [1.165, 1.54) is 11.1 Å². The van der Waals surface area contributed by atoms with Gasteiger partial charge in [0.2, 0.25) is 5.89 Å². The molecule has 4 rings (SSSR count). The van der Waals surface area contributed by atoms with Crippen LogP contribution in [-0.4, -0.2) is 29.1 Å². The number of piperidine rings is 1. The summed E-state index contributed by atoms with van der Waals surface area (Å²) in [4.78, 5) is 7.24. The Morgan fingerprint density at radius 3 is 2.68 bits per heavy atom. The maximum atomic E-state index is 6.17. The molecule has 2 aromatic carbocycles. The van der Waals surface area contributed by atoms with Gasteiger partial charge in [0.25, 0.3) is 0 Å². The predicted octanol–water partition coefficient (Wildman–Crippen LogP) is 5.14. The summed E-state index contributed by atoms with van der Waals surface area (Å²) in [5.41, 5.74) is 4.51. The summed E-state index contributed by atoms with van der Waals surface area (Å²) in [6, 6.07) is 18.6. The van der Waals surface area contributed by atoms with E-state index in [1.54, 1.807) is 0 Å². The van der Waals surface area contributed by atoms with Crippen LogP contribution in [0.4, 0.5) is 0 Å². The highest BCUT2D eigenvalue weighted by molar-refractivity contribution is 5.58. The zero-order chi connectivity index (χ0) is 19.3. The standard InChI is InChI=1S/C24H28N2O2/c1-18-9-6-7-13-22(18)24-25-23(19(2)28-24)16-26-14-8-12-21(15-26)27-17-20-10-4-3-5-11-20/h3-7,9-11,13,21H,8,12,14-17H2,1-2H3.